The molecule has 3 N–H and O–H groups in total. The van der Waals surface area contributed by atoms with E-state index in [0.717, 1.165) is 33.9 Å². The van der Waals surface area contributed by atoms with E-state index in [1.165, 1.54) is 0 Å². The van der Waals surface area contributed by atoms with Gasteiger partial charge in [0, 0.05) is 24.0 Å². The van der Waals surface area contributed by atoms with Crippen LogP contribution in [0.4, 0.5) is 0 Å². The molecule has 2 aliphatic rings. The number of rotatable bonds is 6. The summed E-state index contributed by atoms with van der Waals surface area (Å²) in [5.41, 5.74) is 4.02. The minimum Gasteiger partial charge on any atom is -0.350 e. The number of para-hydroxylation sites is 3. The van der Waals surface area contributed by atoms with Crippen molar-refractivity contribution >= 4 is 39.7 Å². The van der Waals surface area contributed by atoms with E-state index in [9.17, 15) is 14.4 Å². The highest BCUT2D eigenvalue weighted by Crippen LogP contribution is 2.33. The third-order valence-corrected chi connectivity index (χ3v) is 7.80. The number of piperazine rings is 1. The Bertz CT molecular complexity index is 1520. The number of benzene rings is 2. The van der Waals surface area contributed by atoms with E-state index in [2.05, 4.69) is 20.3 Å². The first-order valence-corrected chi connectivity index (χ1v) is 13.2. The lowest BCUT2D eigenvalue weighted by molar-refractivity contribution is -0.135. The van der Waals surface area contributed by atoms with E-state index in [-0.39, 0.29) is 35.7 Å². The molecule has 9 nitrogen and oxygen atoms in total. The molecule has 2 saturated heterocycles. The highest BCUT2D eigenvalue weighted by atomic mass is 16.2. The second-order valence-corrected chi connectivity index (χ2v) is 11.0. The smallest absolute Gasteiger partial charge is 0.290 e. The zero-order valence-electron chi connectivity index (χ0n) is 21.8. The average Bonchev–Trinajstić information content (AvgIpc) is 3.69. The first-order chi connectivity index (χ1) is 18.3. The van der Waals surface area contributed by atoms with E-state index >= 15 is 0 Å². The first kappa shape index (κ1) is 24.2. The molecule has 2 fully saturated rings. The zero-order chi connectivity index (χ0) is 26.6. The Labute approximate surface area is 220 Å². The Morgan fingerprint density at radius 3 is 2.50 bits per heavy atom. The number of imidazole rings is 1. The number of likely N-dealkylation sites (tertiary alicyclic amines) is 2. The van der Waals surface area contributed by atoms with Crippen molar-refractivity contribution in [2.24, 2.45) is 5.92 Å². The van der Waals surface area contributed by atoms with Gasteiger partial charge in [-0.05, 0) is 49.4 Å². The summed E-state index contributed by atoms with van der Waals surface area (Å²) >= 11 is 0. The predicted octanol–water partition coefficient (Wildman–Crippen LogP) is 3.62. The topological polar surface area (TPSA) is 114 Å². The molecule has 2 aromatic heterocycles. The number of H-pyrrole nitrogens is 2. The maximum atomic E-state index is 13.7. The number of hydrogen-bond acceptors (Lipinski definition) is 4. The minimum atomic E-state index is -0.631. The van der Waals surface area contributed by atoms with Crippen molar-refractivity contribution < 1.29 is 14.4 Å². The molecule has 2 aliphatic heterocycles. The molecule has 0 saturated carbocycles. The lowest BCUT2D eigenvalue weighted by atomic mass is 10.0. The molecule has 1 unspecified atom stereocenters. The molecule has 3 amide bonds. The summed E-state index contributed by atoms with van der Waals surface area (Å²) in [7, 11) is 0. The summed E-state index contributed by atoms with van der Waals surface area (Å²) in [5, 5.41) is 3.96. The van der Waals surface area contributed by atoms with Crippen molar-refractivity contribution in [3.63, 3.8) is 0 Å². The molecule has 0 aliphatic carbocycles. The van der Waals surface area contributed by atoms with Gasteiger partial charge in [-0.25, -0.2) is 4.98 Å². The summed E-state index contributed by atoms with van der Waals surface area (Å²) in [5.74, 6) is 0.0468. The van der Waals surface area contributed by atoms with Crippen LogP contribution in [-0.2, 0) is 4.79 Å². The highest BCUT2D eigenvalue weighted by Gasteiger charge is 2.48. The van der Waals surface area contributed by atoms with Gasteiger partial charge in [-0.3, -0.25) is 14.4 Å². The minimum absolute atomic E-state index is 0.0586. The standard InChI is InChI=1S/C29H32N6O3/c1-16(2)11-24(33-27(36)23-12-18-8-6-7-17(3)25(18)30-23)28(37)34-14-20-13-19(34)15-35(20)29(38)26-31-21-9-4-5-10-22(21)32-26/h4-10,12,16,19-20,24,30H,11,13-15H2,1-3H3,(H,31,32)(H,33,36)/t19?,20-,24-/m0/s1. The molecule has 4 heterocycles. The Balaban J connectivity index is 1.15. The molecule has 3 atom stereocenters. The van der Waals surface area contributed by atoms with Crippen molar-refractivity contribution in [1.82, 2.24) is 30.1 Å². The third-order valence-electron chi connectivity index (χ3n) is 7.80. The van der Waals surface area contributed by atoms with Crippen LogP contribution in [0.2, 0.25) is 0 Å². The van der Waals surface area contributed by atoms with Crippen molar-refractivity contribution in [3.05, 3.63) is 65.6 Å². The van der Waals surface area contributed by atoms with Gasteiger partial charge in [-0.2, -0.15) is 0 Å². The SMILES string of the molecule is Cc1cccc2cc(C(=O)N[C@@H](CC(C)C)C(=O)N3C[C@@H]4CC3CN4C(=O)c3nc4ccccc4[nH]3)[nH]c12. The molecule has 9 heteroatoms. The second-order valence-electron chi connectivity index (χ2n) is 11.0. The molecule has 0 spiro atoms. The van der Waals surface area contributed by atoms with Gasteiger partial charge < -0.3 is 25.1 Å². The number of aromatic amines is 2. The number of carbonyl (C=O) groups excluding carboxylic acids is 3. The fourth-order valence-electron chi connectivity index (χ4n) is 5.93. The molecule has 6 rings (SSSR count). The van der Waals surface area contributed by atoms with Crippen LogP contribution in [-0.4, -0.2) is 73.7 Å². The Kier molecular flexibility index (Phi) is 5.93. The van der Waals surface area contributed by atoms with Crippen LogP contribution < -0.4 is 5.32 Å². The van der Waals surface area contributed by atoms with Crippen molar-refractivity contribution in [2.45, 2.75) is 51.7 Å². The molecule has 4 aromatic rings. The molecule has 2 aromatic carbocycles. The van der Waals surface area contributed by atoms with Gasteiger partial charge in [-0.1, -0.05) is 44.2 Å². The van der Waals surface area contributed by atoms with Crippen LogP contribution in [0.3, 0.4) is 0 Å². The monoisotopic (exact) mass is 512 g/mol. The van der Waals surface area contributed by atoms with E-state index in [4.69, 9.17) is 0 Å². The van der Waals surface area contributed by atoms with E-state index in [1.54, 1.807) is 0 Å². The third kappa shape index (κ3) is 4.21. The summed E-state index contributed by atoms with van der Waals surface area (Å²) in [6, 6.07) is 14.6. The van der Waals surface area contributed by atoms with Gasteiger partial charge in [0.2, 0.25) is 5.91 Å². The van der Waals surface area contributed by atoms with Crippen LogP contribution in [0.25, 0.3) is 21.9 Å². The van der Waals surface area contributed by atoms with Crippen LogP contribution >= 0.6 is 0 Å². The summed E-state index contributed by atoms with van der Waals surface area (Å²) < 4.78 is 0. The van der Waals surface area contributed by atoms with Crippen molar-refractivity contribution in [1.29, 1.82) is 0 Å². The summed E-state index contributed by atoms with van der Waals surface area (Å²) in [6.07, 6.45) is 1.28. The number of amides is 3. The van der Waals surface area contributed by atoms with Crippen LogP contribution in [0.1, 0.15) is 53.4 Å². The maximum Gasteiger partial charge on any atom is 0.290 e. The molecule has 2 bridgehead atoms. The fraction of sp³-hybridized carbons (Fsp3) is 0.379. The van der Waals surface area contributed by atoms with Crippen molar-refractivity contribution in [3.8, 4) is 0 Å². The Morgan fingerprint density at radius 1 is 1.03 bits per heavy atom. The van der Waals surface area contributed by atoms with E-state index in [0.29, 0.717) is 31.0 Å². The van der Waals surface area contributed by atoms with Gasteiger partial charge in [0.15, 0.2) is 5.82 Å². The zero-order valence-corrected chi connectivity index (χ0v) is 21.8. The number of fused-ring (bicyclic) bond motifs is 4. The van der Waals surface area contributed by atoms with E-state index < -0.39 is 6.04 Å². The number of nitrogens with one attached hydrogen (secondary N) is 3. The lowest BCUT2D eigenvalue weighted by Gasteiger charge is -2.36. The largest absolute Gasteiger partial charge is 0.350 e. The van der Waals surface area contributed by atoms with Gasteiger partial charge in [0.25, 0.3) is 11.8 Å². The van der Waals surface area contributed by atoms with Gasteiger partial charge in [0.1, 0.15) is 11.7 Å². The number of hydrogen-bond donors (Lipinski definition) is 3. The van der Waals surface area contributed by atoms with E-state index in [1.807, 2.05) is 79.1 Å². The number of aromatic nitrogens is 3. The number of aryl methyl sites for hydroxylation is 1. The average molecular weight is 513 g/mol. The first-order valence-electron chi connectivity index (χ1n) is 13.2. The summed E-state index contributed by atoms with van der Waals surface area (Å²) in [6.45, 7) is 7.02. The normalized spacial score (nSPS) is 19.6. The van der Waals surface area contributed by atoms with Gasteiger partial charge in [0.05, 0.1) is 23.1 Å². The highest BCUT2D eigenvalue weighted by molar-refractivity contribution is 6.01. The van der Waals surface area contributed by atoms with Crippen LogP contribution in [0.5, 0.6) is 0 Å². The molecular weight excluding hydrogens is 480 g/mol. The number of carbonyl (C=O) groups is 3. The van der Waals surface area contributed by atoms with Gasteiger partial charge >= 0.3 is 0 Å². The maximum absolute atomic E-state index is 13.7. The molecule has 38 heavy (non-hydrogen) atoms. The predicted molar refractivity (Wildman–Crippen MR) is 145 cm³/mol. The molecule has 0 radical (unpaired) electrons. The van der Waals surface area contributed by atoms with Gasteiger partial charge in [-0.15, -0.1) is 0 Å². The Morgan fingerprint density at radius 2 is 1.79 bits per heavy atom. The summed E-state index contributed by atoms with van der Waals surface area (Å²) in [4.78, 5) is 54.6. The number of nitrogens with zero attached hydrogens (tertiary/aromatic N) is 3. The fourth-order valence-corrected chi connectivity index (χ4v) is 5.93. The molecular formula is C29H32N6O3. The van der Waals surface area contributed by atoms with Crippen molar-refractivity contribution in [2.75, 3.05) is 13.1 Å². The van der Waals surface area contributed by atoms with Crippen LogP contribution in [0.15, 0.2) is 48.5 Å². The molecule has 196 valence electrons. The van der Waals surface area contributed by atoms with Crippen LogP contribution in [0, 0.1) is 12.8 Å². The Hall–Kier alpha value is -4.14. The second kappa shape index (κ2) is 9.31. The lowest BCUT2D eigenvalue weighted by Crippen LogP contribution is -2.56. The quantitative estimate of drug-likeness (QED) is 0.366.